The number of carbonyl (C=O) groups is 3. The van der Waals surface area contributed by atoms with E-state index in [0.717, 1.165) is 16.5 Å². The van der Waals surface area contributed by atoms with Crippen LogP contribution in [0.2, 0.25) is 0 Å². The van der Waals surface area contributed by atoms with Crippen molar-refractivity contribution in [2.75, 3.05) is 23.8 Å². The smallest absolute Gasteiger partial charge is 0.229 e. The molecule has 0 spiro atoms. The van der Waals surface area contributed by atoms with Gasteiger partial charge in [-0.3, -0.25) is 14.4 Å². The standard InChI is InChI=1S/C21H21F2N3O3/c1-13(27)25(2)11-14-4-3-5-17(8-14)24-21(29)15-9-20(28)26(12-15)19-7-6-16(22)10-18(19)23/h3-8,10,15H,9,11-12H2,1-2H3,(H,24,29). The molecule has 1 fully saturated rings. The Balaban J connectivity index is 1.67. The van der Waals surface area contributed by atoms with Crippen molar-refractivity contribution < 1.29 is 23.2 Å². The zero-order valence-corrected chi connectivity index (χ0v) is 16.1. The molecule has 2 aromatic rings. The number of hydrogen-bond donors (Lipinski definition) is 1. The van der Waals surface area contributed by atoms with Crippen molar-refractivity contribution in [1.82, 2.24) is 4.90 Å². The maximum Gasteiger partial charge on any atom is 0.229 e. The molecule has 1 unspecified atom stereocenters. The minimum absolute atomic E-state index is 0.0139. The van der Waals surface area contributed by atoms with E-state index in [1.807, 2.05) is 6.07 Å². The van der Waals surface area contributed by atoms with Crippen LogP contribution in [-0.2, 0) is 20.9 Å². The molecular weight excluding hydrogens is 380 g/mol. The van der Waals surface area contributed by atoms with E-state index in [4.69, 9.17) is 0 Å². The van der Waals surface area contributed by atoms with Gasteiger partial charge in [0.1, 0.15) is 11.6 Å². The summed E-state index contributed by atoms with van der Waals surface area (Å²) in [6, 6.07) is 10.0. The van der Waals surface area contributed by atoms with E-state index in [-0.39, 0.29) is 30.5 Å². The Kier molecular flexibility index (Phi) is 5.91. The topological polar surface area (TPSA) is 69.7 Å². The van der Waals surface area contributed by atoms with Crippen LogP contribution in [0.3, 0.4) is 0 Å². The minimum Gasteiger partial charge on any atom is -0.342 e. The highest BCUT2D eigenvalue weighted by Crippen LogP contribution is 2.28. The van der Waals surface area contributed by atoms with E-state index in [1.165, 1.54) is 13.0 Å². The van der Waals surface area contributed by atoms with Gasteiger partial charge < -0.3 is 15.1 Å². The zero-order valence-electron chi connectivity index (χ0n) is 16.1. The second kappa shape index (κ2) is 8.38. The largest absolute Gasteiger partial charge is 0.342 e. The summed E-state index contributed by atoms with van der Waals surface area (Å²) in [6.07, 6.45) is -0.0601. The molecule has 1 aliphatic rings. The SMILES string of the molecule is CC(=O)N(C)Cc1cccc(NC(=O)C2CC(=O)N(c3ccc(F)cc3F)C2)c1. The second-order valence-corrected chi connectivity index (χ2v) is 7.07. The average Bonchev–Trinajstić information content (AvgIpc) is 3.03. The molecule has 0 bridgehead atoms. The number of benzene rings is 2. The first-order valence-corrected chi connectivity index (χ1v) is 9.11. The second-order valence-electron chi connectivity index (χ2n) is 7.07. The Hall–Kier alpha value is -3.29. The fraction of sp³-hybridized carbons (Fsp3) is 0.286. The van der Waals surface area contributed by atoms with E-state index in [0.29, 0.717) is 18.3 Å². The zero-order chi connectivity index (χ0) is 21.1. The van der Waals surface area contributed by atoms with Gasteiger partial charge in [0.2, 0.25) is 17.7 Å². The van der Waals surface area contributed by atoms with Crippen molar-refractivity contribution in [3.8, 4) is 0 Å². The van der Waals surface area contributed by atoms with Gasteiger partial charge >= 0.3 is 0 Å². The van der Waals surface area contributed by atoms with Crippen molar-refractivity contribution in [3.05, 3.63) is 59.7 Å². The number of amides is 3. The van der Waals surface area contributed by atoms with Crippen molar-refractivity contribution in [1.29, 1.82) is 0 Å². The van der Waals surface area contributed by atoms with Crippen LogP contribution in [-0.4, -0.2) is 36.2 Å². The number of nitrogens with one attached hydrogen (secondary N) is 1. The molecule has 1 heterocycles. The van der Waals surface area contributed by atoms with Crippen LogP contribution < -0.4 is 10.2 Å². The summed E-state index contributed by atoms with van der Waals surface area (Å²) in [7, 11) is 1.68. The van der Waals surface area contributed by atoms with Gasteiger partial charge in [0.15, 0.2) is 0 Å². The Bertz CT molecular complexity index is 964. The lowest BCUT2D eigenvalue weighted by Crippen LogP contribution is -2.28. The van der Waals surface area contributed by atoms with Crippen LogP contribution in [0.25, 0.3) is 0 Å². The third-order valence-corrected chi connectivity index (χ3v) is 4.85. The number of nitrogens with zero attached hydrogens (tertiary/aromatic N) is 2. The lowest BCUT2D eigenvalue weighted by molar-refractivity contribution is -0.128. The highest BCUT2D eigenvalue weighted by Gasteiger charge is 2.36. The quantitative estimate of drug-likeness (QED) is 0.838. The van der Waals surface area contributed by atoms with Gasteiger partial charge in [0, 0.05) is 45.2 Å². The van der Waals surface area contributed by atoms with Crippen LogP contribution in [0.4, 0.5) is 20.2 Å². The maximum atomic E-state index is 14.0. The molecule has 3 rings (SSSR count). The first kappa shape index (κ1) is 20.4. The monoisotopic (exact) mass is 401 g/mol. The third kappa shape index (κ3) is 4.77. The molecule has 0 radical (unpaired) electrons. The van der Waals surface area contributed by atoms with Crippen molar-refractivity contribution >= 4 is 29.1 Å². The molecule has 2 aromatic carbocycles. The number of hydrogen-bond acceptors (Lipinski definition) is 3. The predicted octanol–water partition coefficient (Wildman–Crippen LogP) is 2.93. The van der Waals surface area contributed by atoms with E-state index in [2.05, 4.69) is 5.32 Å². The van der Waals surface area contributed by atoms with Gasteiger partial charge in [-0.25, -0.2) is 8.78 Å². The molecule has 1 saturated heterocycles. The van der Waals surface area contributed by atoms with Crippen LogP contribution in [0, 0.1) is 17.6 Å². The summed E-state index contributed by atoms with van der Waals surface area (Å²) in [5, 5.41) is 2.77. The summed E-state index contributed by atoms with van der Waals surface area (Å²) in [5.74, 6) is -3.07. The summed E-state index contributed by atoms with van der Waals surface area (Å²) in [4.78, 5) is 39.0. The molecule has 6 nitrogen and oxygen atoms in total. The fourth-order valence-corrected chi connectivity index (χ4v) is 3.19. The molecule has 29 heavy (non-hydrogen) atoms. The Morgan fingerprint density at radius 1 is 1.21 bits per heavy atom. The summed E-state index contributed by atoms with van der Waals surface area (Å²) in [6.45, 7) is 1.89. The van der Waals surface area contributed by atoms with Crippen LogP contribution >= 0.6 is 0 Å². The van der Waals surface area contributed by atoms with E-state index in [9.17, 15) is 23.2 Å². The van der Waals surface area contributed by atoms with Crippen molar-refractivity contribution in [2.45, 2.75) is 19.9 Å². The molecule has 0 saturated carbocycles. The average molecular weight is 401 g/mol. The first-order chi connectivity index (χ1) is 13.7. The normalized spacial score (nSPS) is 16.1. The van der Waals surface area contributed by atoms with Crippen molar-refractivity contribution in [3.63, 3.8) is 0 Å². The Morgan fingerprint density at radius 2 is 1.97 bits per heavy atom. The molecule has 0 aliphatic carbocycles. The van der Waals surface area contributed by atoms with Crippen LogP contribution in [0.5, 0.6) is 0 Å². The molecule has 8 heteroatoms. The maximum absolute atomic E-state index is 14.0. The molecule has 3 amide bonds. The van der Waals surface area contributed by atoms with Gasteiger partial charge in [0.05, 0.1) is 11.6 Å². The number of rotatable bonds is 5. The Morgan fingerprint density at radius 3 is 2.66 bits per heavy atom. The van der Waals surface area contributed by atoms with Crippen molar-refractivity contribution in [2.24, 2.45) is 5.92 Å². The van der Waals surface area contributed by atoms with Crippen LogP contribution in [0.15, 0.2) is 42.5 Å². The number of halogens is 2. The van der Waals surface area contributed by atoms with E-state index >= 15 is 0 Å². The molecule has 1 aliphatic heterocycles. The molecule has 0 aromatic heterocycles. The number of carbonyl (C=O) groups excluding carboxylic acids is 3. The summed E-state index contributed by atoms with van der Waals surface area (Å²) >= 11 is 0. The number of anilines is 2. The third-order valence-electron chi connectivity index (χ3n) is 4.85. The minimum atomic E-state index is -0.846. The van der Waals surface area contributed by atoms with Gasteiger partial charge in [-0.1, -0.05) is 12.1 Å². The summed E-state index contributed by atoms with van der Waals surface area (Å²) in [5.41, 5.74) is 1.35. The molecule has 1 N–H and O–H groups in total. The van der Waals surface area contributed by atoms with Gasteiger partial charge in [-0.2, -0.15) is 0 Å². The van der Waals surface area contributed by atoms with E-state index in [1.54, 1.807) is 30.1 Å². The van der Waals surface area contributed by atoms with Gasteiger partial charge in [-0.15, -0.1) is 0 Å². The van der Waals surface area contributed by atoms with Crippen LogP contribution in [0.1, 0.15) is 18.9 Å². The molecule has 152 valence electrons. The summed E-state index contributed by atoms with van der Waals surface area (Å²) < 4.78 is 27.1. The van der Waals surface area contributed by atoms with Gasteiger partial charge in [0.25, 0.3) is 0 Å². The Labute approximate surface area is 167 Å². The molecule has 1 atom stereocenters. The van der Waals surface area contributed by atoms with Gasteiger partial charge in [-0.05, 0) is 29.8 Å². The molecular formula is C21H21F2N3O3. The van der Waals surface area contributed by atoms with E-state index < -0.39 is 23.5 Å². The first-order valence-electron chi connectivity index (χ1n) is 9.11. The highest BCUT2D eigenvalue weighted by atomic mass is 19.1. The fourth-order valence-electron chi connectivity index (χ4n) is 3.19. The lowest BCUT2D eigenvalue weighted by Gasteiger charge is -2.18. The highest BCUT2D eigenvalue weighted by molar-refractivity contribution is 6.03. The predicted molar refractivity (Wildman–Crippen MR) is 104 cm³/mol. The lowest BCUT2D eigenvalue weighted by atomic mass is 10.1.